The summed E-state index contributed by atoms with van der Waals surface area (Å²) in [4.78, 5) is 13.1. The van der Waals surface area contributed by atoms with Gasteiger partial charge in [-0.15, -0.1) is 0 Å². The van der Waals surface area contributed by atoms with E-state index < -0.39 is 6.10 Å². The number of nitrogens with one attached hydrogen (secondary N) is 1. The minimum Gasteiger partial charge on any atom is -0.493 e. The van der Waals surface area contributed by atoms with E-state index in [2.05, 4.69) is 5.32 Å². The summed E-state index contributed by atoms with van der Waals surface area (Å²) in [6.07, 6.45) is -0.550. The topological polar surface area (TPSA) is 71.0 Å². The van der Waals surface area contributed by atoms with Gasteiger partial charge in [0.1, 0.15) is 6.61 Å². The Morgan fingerprint density at radius 2 is 2.25 bits per heavy atom. The highest BCUT2D eigenvalue weighted by molar-refractivity contribution is 5.76. The molecule has 6 nitrogen and oxygen atoms in total. The number of amides is 2. The zero-order chi connectivity index (χ0) is 14.5. The molecule has 0 bridgehead atoms. The summed E-state index contributed by atoms with van der Waals surface area (Å²) < 4.78 is 10.9. The highest BCUT2D eigenvalue weighted by Gasteiger charge is 2.19. The van der Waals surface area contributed by atoms with Crippen molar-refractivity contribution in [3.8, 4) is 11.5 Å². The number of nitrogens with zero attached hydrogens (tertiary/aromatic N) is 1. The van der Waals surface area contributed by atoms with Gasteiger partial charge in [0.15, 0.2) is 11.5 Å². The van der Waals surface area contributed by atoms with E-state index in [0.717, 1.165) is 5.56 Å². The maximum Gasteiger partial charge on any atom is 0.317 e. The van der Waals surface area contributed by atoms with Gasteiger partial charge in [-0.05, 0) is 24.6 Å². The summed E-state index contributed by atoms with van der Waals surface area (Å²) in [6.45, 7) is 4.03. The summed E-state index contributed by atoms with van der Waals surface area (Å²) >= 11 is 0. The predicted molar refractivity (Wildman–Crippen MR) is 74.1 cm³/mol. The minimum absolute atomic E-state index is 0.0509. The largest absolute Gasteiger partial charge is 0.493 e. The van der Waals surface area contributed by atoms with Crippen molar-refractivity contribution in [2.75, 3.05) is 33.4 Å². The second-order valence-corrected chi connectivity index (χ2v) is 4.65. The SMILES string of the molecule is COc1cc([C@@H](C)O)ccc1OCCN1CCNC1=O. The molecule has 0 unspecified atom stereocenters. The van der Waals surface area contributed by atoms with Crippen LogP contribution in [0.25, 0.3) is 0 Å². The first kappa shape index (κ1) is 14.5. The summed E-state index contributed by atoms with van der Waals surface area (Å²) in [7, 11) is 1.56. The Labute approximate surface area is 118 Å². The number of aliphatic hydroxyl groups excluding tert-OH is 1. The standard InChI is InChI=1S/C14H20N2O4/c1-10(17)11-3-4-12(13(9-11)19-2)20-8-7-16-6-5-15-14(16)18/h3-4,9-10,17H,5-8H2,1-2H3,(H,15,18)/t10-/m1/s1. The lowest BCUT2D eigenvalue weighted by atomic mass is 10.1. The molecule has 1 saturated heterocycles. The first-order chi connectivity index (χ1) is 9.61. The van der Waals surface area contributed by atoms with Crippen LogP contribution < -0.4 is 14.8 Å². The average molecular weight is 280 g/mol. The number of urea groups is 1. The molecule has 2 amide bonds. The molecule has 20 heavy (non-hydrogen) atoms. The van der Waals surface area contributed by atoms with Gasteiger partial charge in [-0.25, -0.2) is 4.79 Å². The van der Waals surface area contributed by atoms with Crippen molar-refractivity contribution in [2.45, 2.75) is 13.0 Å². The molecular weight excluding hydrogens is 260 g/mol. The lowest BCUT2D eigenvalue weighted by Gasteiger charge is -2.16. The summed E-state index contributed by atoms with van der Waals surface area (Å²) in [5, 5.41) is 12.3. The van der Waals surface area contributed by atoms with Crippen LogP contribution in [0.15, 0.2) is 18.2 Å². The van der Waals surface area contributed by atoms with Gasteiger partial charge >= 0.3 is 6.03 Å². The van der Waals surface area contributed by atoms with Crippen molar-refractivity contribution in [1.82, 2.24) is 10.2 Å². The van der Waals surface area contributed by atoms with Crippen molar-refractivity contribution in [2.24, 2.45) is 0 Å². The molecule has 0 spiro atoms. The maximum absolute atomic E-state index is 11.4. The van der Waals surface area contributed by atoms with E-state index in [1.807, 2.05) is 0 Å². The smallest absolute Gasteiger partial charge is 0.317 e. The van der Waals surface area contributed by atoms with Crippen LogP contribution in [0.2, 0.25) is 0 Å². The van der Waals surface area contributed by atoms with Crippen LogP contribution in [0.4, 0.5) is 4.79 Å². The molecule has 6 heteroatoms. The number of ether oxygens (including phenoxy) is 2. The molecule has 1 aromatic carbocycles. The number of hydrogen-bond acceptors (Lipinski definition) is 4. The Hall–Kier alpha value is -1.95. The zero-order valence-corrected chi connectivity index (χ0v) is 11.8. The minimum atomic E-state index is -0.550. The number of carbonyl (C=O) groups excluding carboxylic acids is 1. The average Bonchev–Trinajstić information content (AvgIpc) is 2.84. The Morgan fingerprint density at radius 3 is 2.85 bits per heavy atom. The third-order valence-electron chi connectivity index (χ3n) is 3.23. The van der Waals surface area contributed by atoms with Crippen molar-refractivity contribution in [1.29, 1.82) is 0 Å². The molecule has 0 saturated carbocycles. The van der Waals surface area contributed by atoms with Crippen LogP contribution >= 0.6 is 0 Å². The van der Waals surface area contributed by atoms with Gasteiger partial charge in [-0.1, -0.05) is 6.07 Å². The summed E-state index contributed by atoms with van der Waals surface area (Å²) in [5.41, 5.74) is 0.771. The van der Waals surface area contributed by atoms with Gasteiger partial charge in [-0.2, -0.15) is 0 Å². The monoisotopic (exact) mass is 280 g/mol. The van der Waals surface area contributed by atoms with E-state index in [4.69, 9.17) is 9.47 Å². The number of rotatable bonds is 6. The fourth-order valence-electron chi connectivity index (χ4n) is 2.05. The quantitative estimate of drug-likeness (QED) is 0.820. The zero-order valence-electron chi connectivity index (χ0n) is 11.8. The number of aliphatic hydroxyl groups is 1. The van der Waals surface area contributed by atoms with Gasteiger partial charge in [0.2, 0.25) is 0 Å². The fourth-order valence-corrected chi connectivity index (χ4v) is 2.05. The third kappa shape index (κ3) is 3.33. The summed E-state index contributed by atoms with van der Waals surface area (Å²) in [5.74, 6) is 1.19. The Balaban J connectivity index is 1.93. The number of carbonyl (C=O) groups is 1. The molecule has 2 N–H and O–H groups in total. The molecule has 1 heterocycles. The van der Waals surface area contributed by atoms with E-state index in [1.54, 1.807) is 37.1 Å². The molecule has 1 aliphatic heterocycles. The van der Waals surface area contributed by atoms with Crippen LogP contribution in [-0.4, -0.2) is 49.4 Å². The normalized spacial score (nSPS) is 15.9. The fraction of sp³-hybridized carbons (Fsp3) is 0.500. The molecule has 110 valence electrons. The van der Waals surface area contributed by atoms with Gasteiger partial charge in [0, 0.05) is 13.1 Å². The van der Waals surface area contributed by atoms with Gasteiger partial charge in [0.25, 0.3) is 0 Å². The van der Waals surface area contributed by atoms with Crippen molar-refractivity contribution in [3.63, 3.8) is 0 Å². The van der Waals surface area contributed by atoms with E-state index in [1.165, 1.54) is 0 Å². The van der Waals surface area contributed by atoms with Crippen molar-refractivity contribution < 1.29 is 19.4 Å². The highest BCUT2D eigenvalue weighted by Crippen LogP contribution is 2.30. The second-order valence-electron chi connectivity index (χ2n) is 4.65. The van der Waals surface area contributed by atoms with E-state index in [0.29, 0.717) is 37.7 Å². The van der Waals surface area contributed by atoms with Crippen molar-refractivity contribution in [3.05, 3.63) is 23.8 Å². The molecule has 1 aromatic rings. The number of hydrogen-bond donors (Lipinski definition) is 2. The Bertz CT molecular complexity index is 476. The maximum atomic E-state index is 11.4. The van der Waals surface area contributed by atoms with Crippen LogP contribution in [0, 0.1) is 0 Å². The number of methoxy groups -OCH3 is 1. The van der Waals surface area contributed by atoms with E-state index >= 15 is 0 Å². The van der Waals surface area contributed by atoms with Crippen LogP contribution in [0.1, 0.15) is 18.6 Å². The third-order valence-corrected chi connectivity index (χ3v) is 3.23. The lowest BCUT2D eigenvalue weighted by molar-refractivity contribution is 0.196. The van der Waals surface area contributed by atoms with Crippen LogP contribution in [0.3, 0.4) is 0 Å². The Morgan fingerprint density at radius 1 is 1.45 bits per heavy atom. The summed E-state index contributed by atoms with van der Waals surface area (Å²) in [6, 6.07) is 5.27. The predicted octanol–water partition coefficient (Wildman–Crippen LogP) is 1.15. The molecule has 0 aliphatic carbocycles. The van der Waals surface area contributed by atoms with Crippen LogP contribution in [-0.2, 0) is 0 Å². The highest BCUT2D eigenvalue weighted by atomic mass is 16.5. The van der Waals surface area contributed by atoms with E-state index in [-0.39, 0.29) is 6.03 Å². The second kappa shape index (κ2) is 6.47. The molecule has 1 atom stereocenters. The van der Waals surface area contributed by atoms with Gasteiger partial charge in [0.05, 0.1) is 19.8 Å². The molecule has 0 radical (unpaired) electrons. The van der Waals surface area contributed by atoms with Crippen LogP contribution in [0.5, 0.6) is 11.5 Å². The first-order valence-corrected chi connectivity index (χ1v) is 6.63. The van der Waals surface area contributed by atoms with Crippen molar-refractivity contribution >= 4 is 6.03 Å². The number of benzene rings is 1. The van der Waals surface area contributed by atoms with Gasteiger partial charge in [-0.3, -0.25) is 0 Å². The lowest BCUT2D eigenvalue weighted by Crippen LogP contribution is -2.31. The molecule has 1 aliphatic rings. The molecule has 2 rings (SSSR count). The molecular formula is C14H20N2O4. The first-order valence-electron chi connectivity index (χ1n) is 6.63. The molecule has 0 aromatic heterocycles. The van der Waals surface area contributed by atoms with Gasteiger partial charge < -0.3 is 24.8 Å². The Kier molecular flexibility index (Phi) is 4.68. The van der Waals surface area contributed by atoms with E-state index in [9.17, 15) is 9.90 Å². The molecule has 1 fully saturated rings.